The predicted molar refractivity (Wildman–Crippen MR) is 121 cm³/mol. The van der Waals surface area contributed by atoms with Crippen molar-refractivity contribution in [3.05, 3.63) is 48.0 Å². The van der Waals surface area contributed by atoms with Crippen LogP contribution in [0.2, 0.25) is 0 Å². The highest BCUT2D eigenvalue weighted by Gasteiger charge is 2.06. The van der Waals surface area contributed by atoms with E-state index in [1.807, 2.05) is 24.3 Å². The van der Waals surface area contributed by atoms with Crippen LogP contribution < -0.4 is 19.5 Å². The second kappa shape index (κ2) is 11.7. The highest BCUT2D eigenvalue weighted by atomic mass is 35.5. The molecule has 162 valence electrons. The van der Waals surface area contributed by atoms with Crippen molar-refractivity contribution in [3.63, 3.8) is 0 Å². The molecule has 2 aromatic rings. The van der Waals surface area contributed by atoms with Crippen molar-refractivity contribution in [1.29, 1.82) is 0 Å². The van der Waals surface area contributed by atoms with Gasteiger partial charge in [-0.15, -0.1) is 12.4 Å². The number of likely N-dealkylation sites (N-methyl/N-ethyl adjacent to an activating group) is 1. The predicted octanol–water partition coefficient (Wildman–Crippen LogP) is 3.08. The van der Waals surface area contributed by atoms with Crippen molar-refractivity contribution in [2.24, 2.45) is 0 Å². The Kier molecular flexibility index (Phi) is 10.1. The van der Waals surface area contributed by atoms with Gasteiger partial charge in [-0.1, -0.05) is 6.07 Å². The maximum Gasteiger partial charge on any atom is 0.229 e. The van der Waals surface area contributed by atoms with Gasteiger partial charge in [0.05, 0.1) is 20.5 Å². The molecule has 0 aliphatic carbocycles. The number of nitrogens with one attached hydrogen (secondary N) is 2. The van der Waals surface area contributed by atoms with E-state index in [2.05, 4.69) is 28.1 Å². The Morgan fingerprint density at radius 3 is 2.14 bits per heavy atom. The van der Waals surface area contributed by atoms with Crippen LogP contribution in [0.5, 0.6) is 11.5 Å². The maximum absolute atomic E-state index is 11.2. The molecule has 0 heterocycles. The molecule has 0 amide bonds. The first-order valence-electron chi connectivity index (χ1n) is 9.02. The van der Waals surface area contributed by atoms with E-state index < -0.39 is 10.0 Å². The van der Waals surface area contributed by atoms with Gasteiger partial charge in [-0.05, 0) is 55.4 Å². The fourth-order valence-electron chi connectivity index (χ4n) is 2.73. The summed E-state index contributed by atoms with van der Waals surface area (Å²) in [5, 5.41) is 3.34. The lowest BCUT2D eigenvalue weighted by molar-refractivity contribution is 0.347. The van der Waals surface area contributed by atoms with Crippen LogP contribution in [0.3, 0.4) is 0 Å². The number of ether oxygens (including phenoxy) is 2. The molecule has 0 aliphatic rings. The summed E-state index contributed by atoms with van der Waals surface area (Å²) in [5.41, 5.74) is 2.71. The minimum absolute atomic E-state index is 0. The van der Waals surface area contributed by atoms with Crippen molar-refractivity contribution in [1.82, 2.24) is 4.90 Å². The summed E-state index contributed by atoms with van der Waals surface area (Å²) in [5.74, 6) is 1.49. The number of anilines is 2. The molecule has 0 bridgehead atoms. The van der Waals surface area contributed by atoms with E-state index in [4.69, 9.17) is 9.47 Å². The molecule has 0 unspecified atom stereocenters. The third-order valence-corrected chi connectivity index (χ3v) is 4.85. The third-order valence-electron chi connectivity index (χ3n) is 4.24. The molecule has 7 nitrogen and oxygen atoms in total. The lowest BCUT2D eigenvalue weighted by atomic mass is 10.1. The molecule has 2 rings (SSSR count). The van der Waals surface area contributed by atoms with Crippen LogP contribution >= 0.6 is 12.4 Å². The molecule has 0 aliphatic heterocycles. The summed E-state index contributed by atoms with van der Waals surface area (Å²) in [6.07, 6.45) is 2.06. The van der Waals surface area contributed by atoms with Gasteiger partial charge in [0.25, 0.3) is 0 Å². The number of sulfonamides is 1. The number of hydrogen-bond donors (Lipinski definition) is 2. The Bertz CT molecular complexity index is 861. The van der Waals surface area contributed by atoms with Gasteiger partial charge in [0.2, 0.25) is 10.0 Å². The molecule has 0 saturated carbocycles. The molecule has 2 aromatic carbocycles. The molecule has 0 fully saturated rings. The van der Waals surface area contributed by atoms with Gasteiger partial charge in [0.1, 0.15) is 0 Å². The van der Waals surface area contributed by atoms with Crippen LogP contribution in [0.25, 0.3) is 0 Å². The fraction of sp³-hybridized carbons (Fsp3) is 0.400. The average Bonchev–Trinajstić information content (AvgIpc) is 2.66. The van der Waals surface area contributed by atoms with Crippen molar-refractivity contribution >= 4 is 33.8 Å². The number of rotatable bonds is 11. The van der Waals surface area contributed by atoms with Crippen molar-refractivity contribution in [2.45, 2.75) is 6.42 Å². The minimum atomic E-state index is -3.25. The van der Waals surface area contributed by atoms with Gasteiger partial charge in [-0.3, -0.25) is 4.72 Å². The van der Waals surface area contributed by atoms with Crippen LogP contribution in [-0.4, -0.2) is 60.5 Å². The van der Waals surface area contributed by atoms with Crippen LogP contribution in [0.4, 0.5) is 11.4 Å². The quantitative estimate of drug-likeness (QED) is 0.555. The number of hydrogen-bond acceptors (Lipinski definition) is 6. The van der Waals surface area contributed by atoms with Gasteiger partial charge in [-0.25, -0.2) is 8.42 Å². The summed E-state index contributed by atoms with van der Waals surface area (Å²) in [4.78, 5) is 2.25. The van der Waals surface area contributed by atoms with Crippen LogP contribution in [0.1, 0.15) is 5.56 Å². The molecule has 0 spiro atoms. The third kappa shape index (κ3) is 8.81. The van der Waals surface area contributed by atoms with Gasteiger partial charge in [-0.2, -0.15) is 0 Å². The second-order valence-electron chi connectivity index (χ2n) is 6.62. The van der Waals surface area contributed by atoms with Gasteiger partial charge in [0, 0.05) is 31.0 Å². The molecular formula is C20H30ClN3O4S. The molecule has 29 heavy (non-hydrogen) atoms. The Morgan fingerprint density at radius 2 is 1.55 bits per heavy atom. The Balaban J connectivity index is 0.00000420. The zero-order chi connectivity index (χ0) is 20.6. The normalized spacial score (nSPS) is 10.9. The summed E-state index contributed by atoms with van der Waals surface area (Å²) < 4.78 is 35.5. The van der Waals surface area contributed by atoms with Crippen LogP contribution in [0, 0.1) is 0 Å². The van der Waals surface area contributed by atoms with Crippen LogP contribution in [0.15, 0.2) is 42.5 Å². The molecule has 0 atom stereocenters. The highest BCUT2D eigenvalue weighted by molar-refractivity contribution is 7.92. The zero-order valence-corrected chi connectivity index (χ0v) is 18.9. The Morgan fingerprint density at radius 1 is 0.931 bits per heavy atom. The van der Waals surface area contributed by atoms with Gasteiger partial charge < -0.3 is 19.7 Å². The van der Waals surface area contributed by atoms with Crippen LogP contribution in [-0.2, 0) is 16.4 Å². The summed E-state index contributed by atoms with van der Waals surface area (Å²) in [6, 6.07) is 13.2. The molecular weight excluding hydrogens is 414 g/mol. The molecule has 0 radical (unpaired) electrons. The second-order valence-corrected chi connectivity index (χ2v) is 8.37. The van der Waals surface area contributed by atoms with E-state index >= 15 is 0 Å². The maximum atomic E-state index is 11.2. The lowest BCUT2D eigenvalue weighted by Gasteiger charge is -2.18. The van der Waals surface area contributed by atoms with Crippen molar-refractivity contribution in [3.8, 4) is 11.5 Å². The first-order valence-corrected chi connectivity index (χ1v) is 10.9. The smallest absolute Gasteiger partial charge is 0.229 e. The fourth-order valence-corrected chi connectivity index (χ4v) is 3.29. The largest absolute Gasteiger partial charge is 0.493 e. The lowest BCUT2D eigenvalue weighted by Crippen LogP contribution is -2.27. The molecule has 2 N–H and O–H groups in total. The van der Waals surface area contributed by atoms with E-state index in [9.17, 15) is 8.42 Å². The van der Waals surface area contributed by atoms with Gasteiger partial charge in [0.15, 0.2) is 11.5 Å². The van der Waals surface area contributed by atoms with E-state index in [1.165, 1.54) is 5.56 Å². The molecule has 0 saturated heterocycles. The van der Waals surface area contributed by atoms with Crippen molar-refractivity contribution in [2.75, 3.05) is 57.2 Å². The SMILES string of the molecule is COc1ccc(CCN(C)CCNc2ccc(NS(C)(=O)=O)cc2)cc1OC.Cl. The topological polar surface area (TPSA) is 79.9 Å². The number of halogens is 1. The average molecular weight is 444 g/mol. The van der Waals surface area contributed by atoms with E-state index in [1.54, 1.807) is 26.4 Å². The number of methoxy groups -OCH3 is 2. The summed E-state index contributed by atoms with van der Waals surface area (Å²) in [6.45, 7) is 2.60. The van der Waals surface area contributed by atoms with Gasteiger partial charge >= 0.3 is 0 Å². The Labute approximate surface area is 179 Å². The standard InChI is InChI=1S/C20H29N3O4S.ClH/c1-23(13-11-16-5-10-19(26-2)20(15-16)27-3)14-12-21-17-6-8-18(9-7-17)22-28(4,24)25;/h5-10,15,21-22H,11-14H2,1-4H3;1H. The van der Waals surface area contributed by atoms with E-state index in [0.717, 1.165) is 49.5 Å². The zero-order valence-electron chi connectivity index (χ0n) is 17.3. The van der Waals surface area contributed by atoms with Crippen molar-refractivity contribution < 1.29 is 17.9 Å². The number of benzene rings is 2. The monoisotopic (exact) mass is 443 g/mol. The summed E-state index contributed by atoms with van der Waals surface area (Å²) >= 11 is 0. The first kappa shape index (κ1) is 24.9. The van der Waals surface area contributed by atoms with E-state index in [-0.39, 0.29) is 12.4 Å². The first-order chi connectivity index (χ1) is 13.3. The minimum Gasteiger partial charge on any atom is -0.493 e. The Hall–Kier alpha value is -2.16. The molecule has 9 heteroatoms. The highest BCUT2D eigenvalue weighted by Crippen LogP contribution is 2.27. The number of nitrogens with zero attached hydrogens (tertiary/aromatic N) is 1. The molecule has 0 aromatic heterocycles. The summed E-state index contributed by atoms with van der Waals surface area (Å²) in [7, 11) is 2.11. The van der Waals surface area contributed by atoms with E-state index in [0.29, 0.717) is 5.69 Å².